The summed E-state index contributed by atoms with van der Waals surface area (Å²) in [5.74, 6) is -2.43. The molecule has 1 fully saturated rings. The number of aldehydes is 1. The van der Waals surface area contributed by atoms with Crippen LogP contribution in [-0.2, 0) is 38.3 Å². The summed E-state index contributed by atoms with van der Waals surface area (Å²) in [6, 6.07) is 0. The zero-order chi connectivity index (χ0) is 25.1. The molecule has 184 valence electrons. The first kappa shape index (κ1) is 28.0. The highest BCUT2D eigenvalue weighted by molar-refractivity contribution is 6.01. The minimum absolute atomic E-state index is 0.0355. The number of rotatable bonds is 14. The molecule has 0 saturated carbocycles. The van der Waals surface area contributed by atoms with E-state index >= 15 is 0 Å². The van der Waals surface area contributed by atoms with E-state index in [9.17, 15) is 28.8 Å². The van der Waals surface area contributed by atoms with Crippen molar-refractivity contribution >= 4 is 35.9 Å². The summed E-state index contributed by atoms with van der Waals surface area (Å²) < 4.78 is 5.86. The van der Waals surface area contributed by atoms with Gasteiger partial charge < -0.3 is 20.2 Å². The van der Waals surface area contributed by atoms with Crippen LogP contribution in [0.25, 0.3) is 0 Å². The number of carbonyl (C=O) groups is 6. The third kappa shape index (κ3) is 10.4. The van der Waals surface area contributed by atoms with E-state index in [4.69, 9.17) is 9.57 Å². The van der Waals surface area contributed by atoms with E-state index in [0.717, 1.165) is 12.2 Å². The molecular formula is C22H33N3O8. The molecule has 0 bridgehead atoms. The van der Waals surface area contributed by atoms with Gasteiger partial charge in [-0.15, -0.1) is 5.06 Å². The van der Waals surface area contributed by atoms with Crippen LogP contribution < -0.4 is 10.6 Å². The normalized spacial score (nSPS) is 14.5. The van der Waals surface area contributed by atoms with Crippen molar-refractivity contribution < 1.29 is 38.3 Å². The lowest BCUT2D eigenvalue weighted by atomic mass is 9.90. The van der Waals surface area contributed by atoms with Crippen molar-refractivity contribution in [3.63, 3.8) is 0 Å². The highest BCUT2D eigenvalue weighted by Crippen LogP contribution is 2.26. The second kappa shape index (κ2) is 12.8. The Hall–Kier alpha value is -3.08. The van der Waals surface area contributed by atoms with E-state index in [1.807, 2.05) is 13.8 Å². The smallest absolute Gasteiger partial charge is 0.338 e. The molecule has 0 aromatic rings. The molecule has 1 saturated heterocycles. The van der Waals surface area contributed by atoms with Crippen molar-refractivity contribution in [3.8, 4) is 0 Å². The van der Waals surface area contributed by atoms with Crippen molar-refractivity contribution in [2.24, 2.45) is 5.41 Å². The second-order valence-electron chi connectivity index (χ2n) is 8.84. The van der Waals surface area contributed by atoms with Gasteiger partial charge in [0.2, 0.25) is 11.8 Å². The van der Waals surface area contributed by atoms with Crippen LogP contribution in [-0.4, -0.2) is 66.2 Å². The molecule has 0 spiro atoms. The standard InChI is InChI=1S/C22H33N3O8/c1-21(2,20(31)33-25-18(29)7-8-19(25)30)11-15-32-22(3,4)10-13-24-17(28)9-12-23-16(27)6-5-14-26/h5-6,14H,7-13,15H2,1-4H3,(H,23,27)(H,24,28)/b6-5-. The Labute approximate surface area is 193 Å². The van der Waals surface area contributed by atoms with E-state index in [1.54, 1.807) is 13.8 Å². The van der Waals surface area contributed by atoms with E-state index in [1.165, 1.54) is 0 Å². The van der Waals surface area contributed by atoms with Crippen LogP contribution in [0.15, 0.2) is 12.2 Å². The summed E-state index contributed by atoms with van der Waals surface area (Å²) in [5.41, 5.74) is -1.55. The molecule has 1 heterocycles. The average Bonchev–Trinajstić information content (AvgIpc) is 3.03. The molecule has 0 aliphatic carbocycles. The van der Waals surface area contributed by atoms with Gasteiger partial charge in [0.25, 0.3) is 11.8 Å². The van der Waals surface area contributed by atoms with E-state index in [-0.39, 0.29) is 38.3 Å². The number of carbonyl (C=O) groups excluding carboxylic acids is 6. The molecule has 1 aliphatic rings. The minimum Gasteiger partial charge on any atom is -0.375 e. The molecule has 11 heteroatoms. The lowest BCUT2D eigenvalue weighted by Crippen LogP contribution is -2.39. The van der Waals surface area contributed by atoms with Crippen molar-refractivity contribution in [1.29, 1.82) is 0 Å². The lowest BCUT2D eigenvalue weighted by molar-refractivity contribution is -0.205. The van der Waals surface area contributed by atoms with Crippen molar-refractivity contribution in [2.45, 2.75) is 65.4 Å². The van der Waals surface area contributed by atoms with Crippen LogP contribution in [0.4, 0.5) is 0 Å². The lowest BCUT2D eigenvalue weighted by Gasteiger charge is -2.29. The zero-order valence-corrected chi connectivity index (χ0v) is 19.6. The number of nitrogens with one attached hydrogen (secondary N) is 2. The zero-order valence-electron chi connectivity index (χ0n) is 19.6. The number of ether oxygens (including phenoxy) is 1. The predicted molar refractivity (Wildman–Crippen MR) is 116 cm³/mol. The number of amides is 4. The summed E-state index contributed by atoms with van der Waals surface area (Å²) in [6.45, 7) is 7.72. The van der Waals surface area contributed by atoms with Crippen LogP contribution in [0.3, 0.4) is 0 Å². The van der Waals surface area contributed by atoms with Crippen molar-refractivity contribution in [2.75, 3.05) is 19.7 Å². The molecule has 11 nitrogen and oxygen atoms in total. The first-order valence-electron chi connectivity index (χ1n) is 10.8. The Morgan fingerprint density at radius 2 is 1.64 bits per heavy atom. The fraction of sp³-hybridized carbons (Fsp3) is 0.636. The molecule has 1 rings (SSSR count). The van der Waals surface area contributed by atoms with Gasteiger partial charge in [0.1, 0.15) is 6.29 Å². The molecule has 0 unspecified atom stereocenters. The molecule has 2 N–H and O–H groups in total. The average molecular weight is 468 g/mol. The third-order valence-corrected chi connectivity index (χ3v) is 4.98. The molecule has 4 amide bonds. The third-order valence-electron chi connectivity index (χ3n) is 4.98. The molecular weight excluding hydrogens is 434 g/mol. The first-order chi connectivity index (χ1) is 15.4. The summed E-state index contributed by atoms with van der Waals surface area (Å²) in [4.78, 5) is 73.9. The topological polar surface area (TPSA) is 148 Å². The number of imide groups is 1. The Morgan fingerprint density at radius 3 is 2.24 bits per heavy atom. The van der Waals surface area contributed by atoms with E-state index < -0.39 is 34.7 Å². The van der Waals surface area contributed by atoms with Gasteiger partial charge in [0.05, 0.1) is 11.0 Å². The van der Waals surface area contributed by atoms with Crippen LogP contribution in [0.5, 0.6) is 0 Å². The number of hydrogen-bond acceptors (Lipinski definition) is 8. The minimum atomic E-state index is -0.973. The Kier molecular flexibility index (Phi) is 10.9. The van der Waals surface area contributed by atoms with Gasteiger partial charge in [0, 0.05) is 45.0 Å². The number of hydroxylamine groups is 2. The largest absolute Gasteiger partial charge is 0.375 e. The maximum Gasteiger partial charge on any atom is 0.338 e. The quantitative estimate of drug-likeness (QED) is 0.214. The molecule has 0 atom stereocenters. The highest BCUT2D eigenvalue weighted by atomic mass is 16.7. The maximum atomic E-state index is 12.4. The molecule has 33 heavy (non-hydrogen) atoms. The highest BCUT2D eigenvalue weighted by Gasteiger charge is 2.38. The van der Waals surface area contributed by atoms with Crippen LogP contribution in [0, 0.1) is 5.41 Å². The summed E-state index contributed by atoms with van der Waals surface area (Å²) >= 11 is 0. The fourth-order valence-corrected chi connectivity index (χ4v) is 2.70. The first-order valence-corrected chi connectivity index (χ1v) is 10.8. The number of nitrogens with zero attached hydrogens (tertiary/aromatic N) is 1. The summed E-state index contributed by atoms with van der Waals surface area (Å²) in [5, 5.41) is 5.76. The van der Waals surface area contributed by atoms with Crippen LogP contribution in [0.2, 0.25) is 0 Å². The van der Waals surface area contributed by atoms with Gasteiger partial charge in [-0.05, 0) is 46.6 Å². The maximum absolute atomic E-state index is 12.4. The Balaban J connectivity index is 2.29. The van der Waals surface area contributed by atoms with E-state index in [2.05, 4.69) is 10.6 Å². The van der Waals surface area contributed by atoms with Gasteiger partial charge in [-0.1, -0.05) is 0 Å². The molecule has 0 aromatic carbocycles. The van der Waals surface area contributed by atoms with Crippen LogP contribution >= 0.6 is 0 Å². The fourth-order valence-electron chi connectivity index (χ4n) is 2.70. The molecule has 1 aliphatic heterocycles. The number of allylic oxidation sites excluding steroid dienone is 1. The molecule has 0 aromatic heterocycles. The van der Waals surface area contributed by atoms with Gasteiger partial charge in [-0.2, -0.15) is 0 Å². The van der Waals surface area contributed by atoms with Crippen molar-refractivity contribution in [3.05, 3.63) is 12.2 Å². The SMILES string of the molecule is CC(C)(CCNC(=O)CCNC(=O)/C=C\C=O)OCCC(C)(C)C(=O)ON1C(=O)CCC1=O. The van der Waals surface area contributed by atoms with Crippen LogP contribution in [0.1, 0.15) is 59.8 Å². The Morgan fingerprint density at radius 1 is 1.00 bits per heavy atom. The van der Waals surface area contributed by atoms with E-state index in [0.29, 0.717) is 30.7 Å². The monoisotopic (exact) mass is 467 g/mol. The Bertz CT molecular complexity index is 773. The van der Waals surface area contributed by atoms with Crippen molar-refractivity contribution in [1.82, 2.24) is 15.7 Å². The predicted octanol–water partition coefficient (Wildman–Crippen LogP) is 0.573. The van der Waals surface area contributed by atoms with Gasteiger partial charge in [-0.25, -0.2) is 4.79 Å². The second-order valence-corrected chi connectivity index (χ2v) is 8.84. The van der Waals surface area contributed by atoms with Gasteiger partial charge in [-0.3, -0.25) is 24.0 Å². The summed E-state index contributed by atoms with van der Waals surface area (Å²) in [7, 11) is 0. The van der Waals surface area contributed by atoms with Gasteiger partial charge in [0.15, 0.2) is 0 Å². The summed E-state index contributed by atoms with van der Waals surface area (Å²) in [6.07, 6.45) is 3.61. The van der Waals surface area contributed by atoms with Gasteiger partial charge >= 0.3 is 5.97 Å². The number of hydrogen-bond donors (Lipinski definition) is 2. The molecule has 0 radical (unpaired) electrons.